The van der Waals surface area contributed by atoms with Crippen LogP contribution in [0.1, 0.15) is 0 Å². The summed E-state index contributed by atoms with van der Waals surface area (Å²) in [7, 11) is 0. The van der Waals surface area contributed by atoms with E-state index in [4.69, 9.17) is 23.2 Å². The zero-order valence-electron chi connectivity index (χ0n) is 8.71. The van der Waals surface area contributed by atoms with Crippen molar-refractivity contribution in [1.29, 1.82) is 0 Å². The van der Waals surface area contributed by atoms with Crippen molar-refractivity contribution in [2.24, 2.45) is 0 Å². The Balaban J connectivity index is 2.50. The number of hydrogen-bond acceptors (Lipinski definition) is 3. The standard InChI is InChI=1S/C12H4Cl2FNOS/c13-6-4-8-12(10(14)11(6)17)18-9-3-5(15)1-2-7(9)16-8/h1-4H. The van der Waals surface area contributed by atoms with Crippen LogP contribution in [0.15, 0.2) is 29.1 Å². The van der Waals surface area contributed by atoms with Crippen molar-refractivity contribution in [2.75, 3.05) is 0 Å². The van der Waals surface area contributed by atoms with Gasteiger partial charge in [0.1, 0.15) is 10.8 Å². The van der Waals surface area contributed by atoms with Crippen LogP contribution in [0.2, 0.25) is 10.0 Å². The summed E-state index contributed by atoms with van der Waals surface area (Å²) in [4.78, 5) is 16.5. The molecule has 90 valence electrons. The maximum atomic E-state index is 13.1. The third kappa shape index (κ3) is 1.77. The van der Waals surface area contributed by atoms with Crippen LogP contribution < -0.4 is 5.43 Å². The minimum absolute atomic E-state index is 0.0289. The Morgan fingerprint density at radius 1 is 1.22 bits per heavy atom. The van der Waals surface area contributed by atoms with Crippen molar-refractivity contribution in [2.45, 2.75) is 0 Å². The fraction of sp³-hybridized carbons (Fsp3) is 0. The molecule has 2 nitrogen and oxygen atoms in total. The van der Waals surface area contributed by atoms with Crippen molar-refractivity contribution in [1.82, 2.24) is 4.98 Å². The highest BCUT2D eigenvalue weighted by Gasteiger charge is 2.16. The predicted octanol–water partition coefficient (Wildman–Crippen LogP) is 4.21. The van der Waals surface area contributed by atoms with Crippen molar-refractivity contribution >= 4 is 44.8 Å². The van der Waals surface area contributed by atoms with Gasteiger partial charge in [-0.3, -0.25) is 4.79 Å². The van der Waals surface area contributed by atoms with Crippen LogP contribution in [0.3, 0.4) is 0 Å². The second kappa shape index (κ2) is 4.16. The van der Waals surface area contributed by atoms with Crippen molar-refractivity contribution in [3.8, 4) is 10.6 Å². The van der Waals surface area contributed by atoms with Gasteiger partial charge in [-0.25, -0.2) is 9.37 Å². The van der Waals surface area contributed by atoms with E-state index in [0.29, 0.717) is 20.8 Å². The van der Waals surface area contributed by atoms with E-state index in [1.165, 1.54) is 29.5 Å². The molecule has 0 fully saturated rings. The zero-order chi connectivity index (χ0) is 12.9. The summed E-state index contributed by atoms with van der Waals surface area (Å²) in [5, 5.41) is 0.0647. The Kier molecular flexibility index (Phi) is 2.73. The number of fused-ring (bicyclic) bond motifs is 2. The largest absolute Gasteiger partial charge is 0.287 e. The SMILES string of the molecule is O=c1c(Cl)cc2nc3ccc(F)cc3sc-2c1Cl. The van der Waals surface area contributed by atoms with Gasteiger partial charge in [-0.1, -0.05) is 23.2 Å². The first-order valence-electron chi connectivity index (χ1n) is 4.94. The van der Waals surface area contributed by atoms with E-state index < -0.39 is 5.43 Å². The second-order valence-electron chi connectivity index (χ2n) is 3.68. The summed E-state index contributed by atoms with van der Waals surface area (Å²) in [6.07, 6.45) is 0. The van der Waals surface area contributed by atoms with Crippen LogP contribution in [-0.2, 0) is 0 Å². The van der Waals surface area contributed by atoms with Gasteiger partial charge in [0.05, 0.1) is 25.8 Å². The van der Waals surface area contributed by atoms with Gasteiger partial charge in [0.2, 0.25) is 5.43 Å². The van der Waals surface area contributed by atoms with Crippen LogP contribution in [-0.4, -0.2) is 4.98 Å². The summed E-state index contributed by atoms with van der Waals surface area (Å²) in [6, 6.07) is 5.75. The maximum absolute atomic E-state index is 13.1. The molecule has 0 unspecified atom stereocenters. The van der Waals surface area contributed by atoms with Crippen LogP contribution in [0, 0.1) is 5.82 Å². The van der Waals surface area contributed by atoms with Gasteiger partial charge in [0.15, 0.2) is 0 Å². The summed E-state index contributed by atoms with van der Waals surface area (Å²) < 4.78 is 13.8. The Morgan fingerprint density at radius 3 is 2.78 bits per heavy atom. The van der Waals surface area contributed by atoms with E-state index >= 15 is 0 Å². The van der Waals surface area contributed by atoms with Crippen LogP contribution in [0.5, 0.6) is 0 Å². The van der Waals surface area contributed by atoms with Gasteiger partial charge in [-0.05, 0) is 24.3 Å². The topological polar surface area (TPSA) is 30.0 Å². The lowest BCUT2D eigenvalue weighted by atomic mass is 10.2. The van der Waals surface area contributed by atoms with Gasteiger partial charge >= 0.3 is 0 Å². The van der Waals surface area contributed by atoms with E-state index in [2.05, 4.69) is 4.98 Å². The van der Waals surface area contributed by atoms with Crippen molar-refractivity contribution < 1.29 is 4.39 Å². The van der Waals surface area contributed by atoms with Crippen molar-refractivity contribution in [3.05, 3.63) is 50.4 Å². The highest BCUT2D eigenvalue weighted by Crippen LogP contribution is 2.35. The molecular formula is C12H4Cl2FNOS. The lowest BCUT2D eigenvalue weighted by molar-refractivity contribution is 0.630. The molecule has 0 bridgehead atoms. The molecule has 0 saturated heterocycles. The molecule has 0 N–H and O–H groups in total. The summed E-state index contributed by atoms with van der Waals surface area (Å²) in [5.41, 5.74) is 0.744. The Hall–Kier alpha value is -1.23. The van der Waals surface area contributed by atoms with Gasteiger partial charge in [0, 0.05) is 0 Å². The molecule has 6 heteroatoms. The molecule has 1 heterocycles. The molecule has 3 rings (SSSR count). The molecule has 0 aromatic heterocycles. The zero-order valence-corrected chi connectivity index (χ0v) is 11.0. The first-order valence-corrected chi connectivity index (χ1v) is 6.51. The van der Waals surface area contributed by atoms with E-state index in [0.717, 1.165) is 0 Å². The van der Waals surface area contributed by atoms with Crippen LogP contribution in [0.4, 0.5) is 4.39 Å². The molecule has 0 atom stereocenters. The number of benzene rings is 2. The highest BCUT2D eigenvalue weighted by atomic mass is 35.5. The number of nitrogens with zero attached hydrogens (tertiary/aromatic N) is 1. The third-order valence-electron chi connectivity index (χ3n) is 2.49. The summed E-state index contributed by atoms with van der Waals surface area (Å²) in [5.74, 6) is -0.354. The number of aromatic nitrogens is 1. The molecule has 2 aliphatic rings. The molecule has 1 aliphatic heterocycles. The molecule has 18 heavy (non-hydrogen) atoms. The maximum Gasteiger partial charge on any atom is 0.217 e. The van der Waals surface area contributed by atoms with Crippen LogP contribution in [0.25, 0.3) is 20.8 Å². The molecule has 0 saturated carbocycles. The van der Waals surface area contributed by atoms with Crippen LogP contribution >= 0.6 is 34.5 Å². The number of halogens is 3. The average Bonchev–Trinajstić information content (AvgIpc) is 2.35. The monoisotopic (exact) mass is 299 g/mol. The third-order valence-corrected chi connectivity index (χ3v) is 4.40. The van der Waals surface area contributed by atoms with E-state index in [1.54, 1.807) is 6.07 Å². The smallest absolute Gasteiger partial charge is 0.217 e. The molecule has 0 amide bonds. The highest BCUT2D eigenvalue weighted by molar-refractivity contribution is 7.22. The van der Waals surface area contributed by atoms with Gasteiger partial charge in [-0.15, -0.1) is 11.3 Å². The number of hydrogen-bond donors (Lipinski definition) is 0. The molecule has 1 aliphatic carbocycles. The second-order valence-corrected chi connectivity index (χ2v) is 5.51. The van der Waals surface area contributed by atoms with Gasteiger partial charge < -0.3 is 0 Å². The fourth-order valence-electron chi connectivity index (χ4n) is 1.65. The Bertz CT molecular complexity index is 802. The molecule has 0 spiro atoms. The fourth-order valence-corrected chi connectivity index (χ4v) is 3.22. The predicted molar refractivity (Wildman–Crippen MR) is 72.5 cm³/mol. The summed E-state index contributed by atoms with van der Waals surface area (Å²) >= 11 is 13.0. The van der Waals surface area contributed by atoms with Gasteiger partial charge in [-0.2, -0.15) is 0 Å². The number of rotatable bonds is 0. The van der Waals surface area contributed by atoms with Crippen molar-refractivity contribution in [3.63, 3.8) is 0 Å². The lowest BCUT2D eigenvalue weighted by Crippen LogP contribution is -2.04. The summed E-state index contributed by atoms with van der Waals surface area (Å²) in [6.45, 7) is 0. The first-order chi connectivity index (χ1) is 8.56. The van der Waals surface area contributed by atoms with Gasteiger partial charge in [0.25, 0.3) is 0 Å². The minimum Gasteiger partial charge on any atom is -0.287 e. The lowest BCUT2D eigenvalue weighted by Gasteiger charge is -2.08. The Morgan fingerprint density at radius 2 is 2.00 bits per heavy atom. The Labute approximate surface area is 115 Å². The minimum atomic E-state index is -0.431. The van der Waals surface area contributed by atoms with E-state index in [9.17, 15) is 9.18 Å². The quantitative estimate of drug-likeness (QED) is 0.582. The molecular weight excluding hydrogens is 296 g/mol. The first kappa shape index (κ1) is 11.8. The average molecular weight is 300 g/mol. The van der Waals surface area contributed by atoms with E-state index in [1.807, 2.05) is 0 Å². The van der Waals surface area contributed by atoms with E-state index in [-0.39, 0.29) is 15.9 Å². The normalized spacial score (nSPS) is 11.3. The molecule has 1 aromatic carbocycles. The molecule has 0 radical (unpaired) electrons. The molecule has 1 aromatic rings.